The lowest BCUT2D eigenvalue weighted by atomic mass is 10.2. The van der Waals surface area contributed by atoms with Crippen molar-refractivity contribution in [2.45, 2.75) is 18.9 Å². The molecule has 2 N–H and O–H groups in total. The largest absolute Gasteiger partial charge is 0.382 e. The number of piperazine rings is 1. The van der Waals surface area contributed by atoms with E-state index in [1.165, 1.54) is 12.4 Å². The maximum atomic E-state index is 12.4. The van der Waals surface area contributed by atoms with E-state index in [2.05, 4.69) is 9.97 Å². The van der Waals surface area contributed by atoms with Gasteiger partial charge < -0.3 is 20.3 Å². The lowest BCUT2D eigenvalue weighted by Crippen LogP contribution is -2.53. The van der Waals surface area contributed by atoms with Crippen LogP contribution >= 0.6 is 0 Å². The van der Waals surface area contributed by atoms with Crippen molar-refractivity contribution in [2.75, 3.05) is 38.5 Å². The van der Waals surface area contributed by atoms with Crippen LogP contribution in [-0.2, 0) is 9.53 Å². The van der Waals surface area contributed by atoms with Gasteiger partial charge in [0, 0.05) is 45.2 Å². The highest BCUT2D eigenvalue weighted by Crippen LogP contribution is 2.17. The van der Waals surface area contributed by atoms with Crippen molar-refractivity contribution >= 4 is 17.6 Å². The fraction of sp³-hybridized carbons (Fsp3) is 0.571. The van der Waals surface area contributed by atoms with Gasteiger partial charge in [0.05, 0.1) is 0 Å². The molecule has 1 atom stereocenters. The van der Waals surface area contributed by atoms with Crippen molar-refractivity contribution < 1.29 is 14.3 Å². The first kappa shape index (κ1) is 14.7. The second-order valence-corrected chi connectivity index (χ2v) is 5.41. The van der Waals surface area contributed by atoms with Gasteiger partial charge in [-0.1, -0.05) is 0 Å². The van der Waals surface area contributed by atoms with Crippen molar-refractivity contribution in [2.24, 2.45) is 0 Å². The average Bonchev–Trinajstić information content (AvgIpc) is 3.09. The van der Waals surface area contributed by atoms with Crippen LogP contribution in [0.3, 0.4) is 0 Å². The summed E-state index contributed by atoms with van der Waals surface area (Å²) in [6, 6.07) is 0. The molecule has 2 fully saturated rings. The number of hydrogen-bond donors (Lipinski definition) is 1. The van der Waals surface area contributed by atoms with Crippen molar-refractivity contribution in [3.63, 3.8) is 0 Å². The predicted molar refractivity (Wildman–Crippen MR) is 77.9 cm³/mol. The van der Waals surface area contributed by atoms with Crippen LogP contribution in [0.2, 0.25) is 0 Å². The Morgan fingerprint density at radius 2 is 1.82 bits per heavy atom. The summed E-state index contributed by atoms with van der Waals surface area (Å²) >= 11 is 0. The Balaban J connectivity index is 1.58. The minimum atomic E-state index is -0.308. The molecule has 118 valence electrons. The number of aromatic nitrogens is 2. The zero-order chi connectivity index (χ0) is 15.5. The Morgan fingerprint density at radius 3 is 2.45 bits per heavy atom. The molecule has 0 radical (unpaired) electrons. The first-order valence-electron chi connectivity index (χ1n) is 7.43. The van der Waals surface area contributed by atoms with Crippen molar-refractivity contribution in [1.29, 1.82) is 0 Å². The van der Waals surface area contributed by atoms with E-state index in [9.17, 15) is 9.59 Å². The van der Waals surface area contributed by atoms with Crippen LogP contribution in [0, 0.1) is 0 Å². The Kier molecular flexibility index (Phi) is 4.19. The monoisotopic (exact) mass is 305 g/mol. The molecule has 2 aliphatic heterocycles. The van der Waals surface area contributed by atoms with Crippen molar-refractivity contribution in [3.05, 3.63) is 18.1 Å². The summed E-state index contributed by atoms with van der Waals surface area (Å²) in [5.41, 5.74) is 5.85. The third-order valence-corrected chi connectivity index (χ3v) is 4.01. The van der Waals surface area contributed by atoms with E-state index in [0.717, 1.165) is 12.8 Å². The maximum absolute atomic E-state index is 12.4. The fourth-order valence-corrected chi connectivity index (χ4v) is 2.77. The molecular weight excluding hydrogens is 286 g/mol. The number of carbonyl (C=O) groups is 2. The van der Waals surface area contributed by atoms with Gasteiger partial charge in [-0.25, -0.2) is 9.97 Å². The van der Waals surface area contributed by atoms with E-state index in [4.69, 9.17) is 10.5 Å². The van der Waals surface area contributed by atoms with E-state index >= 15 is 0 Å². The van der Waals surface area contributed by atoms with Crippen LogP contribution in [0.4, 0.5) is 5.82 Å². The molecule has 3 heterocycles. The lowest BCUT2D eigenvalue weighted by Gasteiger charge is -2.35. The molecule has 0 spiro atoms. The van der Waals surface area contributed by atoms with E-state index in [-0.39, 0.29) is 29.4 Å². The van der Waals surface area contributed by atoms with Crippen molar-refractivity contribution in [3.8, 4) is 0 Å². The Labute approximate surface area is 128 Å². The standard InChI is InChI=1S/C14H19N5O3/c15-12-11(16-3-4-17-12)14(21)19-7-5-18(6-8-19)13(20)10-2-1-9-22-10/h3-4,10H,1-2,5-9H2,(H2,15,17). The number of carbonyl (C=O) groups excluding carboxylic acids is 2. The zero-order valence-electron chi connectivity index (χ0n) is 12.3. The number of amides is 2. The van der Waals surface area contributed by atoms with Gasteiger partial charge in [-0.15, -0.1) is 0 Å². The SMILES string of the molecule is Nc1nccnc1C(=O)N1CCN(C(=O)C2CCCO2)CC1. The molecule has 8 heteroatoms. The van der Waals surface area contributed by atoms with Gasteiger partial charge in [0.25, 0.3) is 11.8 Å². The van der Waals surface area contributed by atoms with E-state index in [1.807, 2.05) is 0 Å². The molecule has 22 heavy (non-hydrogen) atoms. The van der Waals surface area contributed by atoms with Gasteiger partial charge in [-0.2, -0.15) is 0 Å². The molecule has 2 aliphatic rings. The third-order valence-electron chi connectivity index (χ3n) is 4.01. The summed E-state index contributed by atoms with van der Waals surface area (Å²) in [6.45, 7) is 2.59. The molecule has 0 bridgehead atoms. The summed E-state index contributed by atoms with van der Waals surface area (Å²) < 4.78 is 5.42. The number of nitrogens with zero attached hydrogens (tertiary/aromatic N) is 4. The second kappa shape index (κ2) is 6.27. The van der Waals surface area contributed by atoms with Crippen LogP contribution < -0.4 is 5.73 Å². The summed E-state index contributed by atoms with van der Waals surface area (Å²) in [7, 11) is 0. The molecule has 8 nitrogen and oxygen atoms in total. The van der Waals surface area contributed by atoms with Crippen molar-refractivity contribution in [1.82, 2.24) is 19.8 Å². The Hall–Kier alpha value is -2.22. The number of anilines is 1. The number of nitrogens with two attached hydrogens (primary N) is 1. The molecule has 2 saturated heterocycles. The van der Waals surface area contributed by atoms with E-state index < -0.39 is 0 Å². The molecule has 1 aromatic heterocycles. The highest BCUT2D eigenvalue weighted by molar-refractivity contribution is 5.96. The minimum Gasteiger partial charge on any atom is -0.382 e. The summed E-state index contributed by atoms with van der Waals surface area (Å²) in [5, 5.41) is 0. The lowest BCUT2D eigenvalue weighted by molar-refractivity contribution is -0.142. The van der Waals surface area contributed by atoms with Gasteiger partial charge in [0.2, 0.25) is 0 Å². The zero-order valence-corrected chi connectivity index (χ0v) is 12.3. The minimum absolute atomic E-state index is 0.0311. The summed E-state index contributed by atoms with van der Waals surface area (Å²) in [5.74, 6) is -0.0798. The molecular formula is C14H19N5O3. The first-order valence-corrected chi connectivity index (χ1v) is 7.43. The number of hydrogen-bond acceptors (Lipinski definition) is 6. The fourth-order valence-electron chi connectivity index (χ4n) is 2.77. The summed E-state index contributed by atoms with van der Waals surface area (Å²) in [4.78, 5) is 35.9. The van der Waals surface area contributed by atoms with Gasteiger partial charge in [0.1, 0.15) is 6.10 Å². The van der Waals surface area contributed by atoms with Gasteiger partial charge in [-0.05, 0) is 12.8 Å². The molecule has 2 amide bonds. The Morgan fingerprint density at radius 1 is 1.14 bits per heavy atom. The number of nitrogen functional groups attached to an aromatic ring is 1. The average molecular weight is 305 g/mol. The van der Waals surface area contributed by atoms with Gasteiger partial charge >= 0.3 is 0 Å². The first-order chi connectivity index (χ1) is 10.7. The van der Waals surface area contributed by atoms with Crippen LogP contribution in [-0.4, -0.2) is 70.5 Å². The molecule has 0 aromatic carbocycles. The molecule has 0 aliphatic carbocycles. The molecule has 3 rings (SSSR count). The predicted octanol–water partition coefficient (Wildman–Crippen LogP) is -0.478. The van der Waals surface area contributed by atoms with Crippen LogP contribution in [0.5, 0.6) is 0 Å². The molecule has 1 unspecified atom stereocenters. The number of rotatable bonds is 2. The Bertz CT molecular complexity index is 565. The van der Waals surface area contributed by atoms with Crippen LogP contribution in [0.25, 0.3) is 0 Å². The maximum Gasteiger partial charge on any atom is 0.276 e. The van der Waals surface area contributed by atoms with Gasteiger partial charge in [0.15, 0.2) is 11.5 Å². The normalized spacial score (nSPS) is 21.9. The summed E-state index contributed by atoms with van der Waals surface area (Å²) in [6.07, 6.45) is 4.30. The highest BCUT2D eigenvalue weighted by atomic mass is 16.5. The molecule has 1 aromatic rings. The van der Waals surface area contributed by atoms with Gasteiger partial charge in [-0.3, -0.25) is 9.59 Å². The molecule has 0 saturated carbocycles. The quantitative estimate of drug-likeness (QED) is 0.792. The third kappa shape index (κ3) is 2.87. The highest BCUT2D eigenvalue weighted by Gasteiger charge is 2.32. The van der Waals surface area contributed by atoms with E-state index in [0.29, 0.717) is 32.8 Å². The second-order valence-electron chi connectivity index (χ2n) is 5.41. The number of ether oxygens (including phenoxy) is 1. The topological polar surface area (TPSA) is 102 Å². The smallest absolute Gasteiger partial charge is 0.276 e. The van der Waals surface area contributed by atoms with E-state index in [1.54, 1.807) is 9.80 Å². The van der Waals surface area contributed by atoms with Crippen LogP contribution in [0.1, 0.15) is 23.3 Å². The van der Waals surface area contributed by atoms with Crippen LogP contribution in [0.15, 0.2) is 12.4 Å².